The number of carbonyl (C=O) groups is 1. The number of nitrogens with one attached hydrogen (secondary N) is 1. The van der Waals surface area contributed by atoms with Crippen molar-refractivity contribution in [3.05, 3.63) is 53.6 Å². The summed E-state index contributed by atoms with van der Waals surface area (Å²) in [6, 6.07) is 13.6. The van der Waals surface area contributed by atoms with Gasteiger partial charge in [-0.1, -0.05) is 24.3 Å². The summed E-state index contributed by atoms with van der Waals surface area (Å²) in [5.74, 6) is 2.50. The van der Waals surface area contributed by atoms with Crippen molar-refractivity contribution in [3.63, 3.8) is 0 Å². The zero-order chi connectivity index (χ0) is 17.6. The first-order valence-electron chi connectivity index (χ1n) is 8.40. The minimum absolute atomic E-state index is 0.00353. The van der Waals surface area contributed by atoms with E-state index < -0.39 is 0 Å². The minimum Gasteiger partial charge on any atom is -0.493 e. The van der Waals surface area contributed by atoms with Crippen LogP contribution in [0.4, 0.5) is 0 Å². The average molecular weight is 341 g/mol. The molecule has 0 saturated heterocycles. The van der Waals surface area contributed by atoms with Crippen molar-refractivity contribution in [2.24, 2.45) is 0 Å². The van der Waals surface area contributed by atoms with E-state index in [9.17, 15) is 4.79 Å². The van der Waals surface area contributed by atoms with Gasteiger partial charge in [0.25, 0.3) is 0 Å². The van der Waals surface area contributed by atoms with Crippen molar-refractivity contribution in [2.75, 3.05) is 27.4 Å². The van der Waals surface area contributed by atoms with E-state index in [1.54, 1.807) is 14.2 Å². The maximum absolute atomic E-state index is 12.3. The fourth-order valence-corrected chi connectivity index (χ4v) is 3.10. The molecular formula is C20H23NO4. The normalized spacial score (nSPS) is 15.7. The second kappa shape index (κ2) is 7.92. The molecule has 5 nitrogen and oxygen atoms in total. The number of hydrogen-bond acceptors (Lipinski definition) is 4. The van der Waals surface area contributed by atoms with E-state index >= 15 is 0 Å². The monoisotopic (exact) mass is 341 g/mol. The van der Waals surface area contributed by atoms with Gasteiger partial charge in [0.2, 0.25) is 5.91 Å². The van der Waals surface area contributed by atoms with Gasteiger partial charge >= 0.3 is 0 Å². The van der Waals surface area contributed by atoms with Crippen LogP contribution in [0.1, 0.15) is 23.5 Å². The van der Waals surface area contributed by atoms with E-state index in [-0.39, 0.29) is 5.91 Å². The lowest BCUT2D eigenvalue weighted by Crippen LogP contribution is -2.31. The van der Waals surface area contributed by atoms with Gasteiger partial charge in [-0.2, -0.15) is 0 Å². The summed E-state index contributed by atoms with van der Waals surface area (Å²) in [5.41, 5.74) is 2.06. The molecule has 0 fully saturated rings. The first-order chi connectivity index (χ1) is 12.2. The third-order valence-electron chi connectivity index (χ3n) is 4.44. The SMILES string of the molecule is COc1ccc(CC(=O)NCC2CCOc3ccccc32)cc1OC. The number of para-hydroxylation sites is 1. The molecule has 0 spiro atoms. The highest BCUT2D eigenvalue weighted by Gasteiger charge is 2.21. The van der Waals surface area contributed by atoms with Crippen LogP contribution in [0.15, 0.2) is 42.5 Å². The van der Waals surface area contributed by atoms with Crippen LogP contribution < -0.4 is 19.5 Å². The molecule has 1 aliphatic heterocycles. The lowest BCUT2D eigenvalue weighted by molar-refractivity contribution is -0.120. The maximum atomic E-state index is 12.3. The molecule has 1 aliphatic rings. The topological polar surface area (TPSA) is 56.8 Å². The van der Waals surface area contributed by atoms with Gasteiger partial charge in [-0.15, -0.1) is 0 Å². The Morgan fingerprint density at radius 1 is 1.16 bits per heavy atom. The zero-order valence-electron chi connectivity index (χ0n) is 14.6. The van der Waals surface area contributed by atoms with Crippen molar-refractivity contribution in [1.82, 2.24) is 5.32 Å². The lowest BCUT2D eigenvalue weighted by Gasteiger charge is -2.26. The van der Waals surface area contributed by atoms with E-state index in [0.717, 1.165) is 17.7 Å². The molecule has 1 heterocycles. The van der Waals surface area contributed by atoms with E-state index in [2.05, 4.69) is 11.4 Å². The smallest absolute Gasteiger partial charge is 0.224 e. The first-order valence-corrected chi connectivity index (χ1v) is 8.40. The van der Waals surface area contributed by atoms with E-state index in [4.69, 9.17) is 14.2 Å². The fourth-order valence-electron chi connectivity index (χ4n) is 3.10. The van der Waals surface area contributed by atoms with Gasteiger partial charge in [0.15, 0.2) is 11.5 Å². The lowest BCUT2D eigenvalue weighted by atomic mass is 9.93. The number of ether oxygens (including phenoxy) is 3. The molecular weight excluding hydrogens is 318 g/mol. The van der Waals surface area contributed by atoms with Gasteiger partial charge in [0, 0.05) is 12.5 Å². The molecule has 1 unspecified atom stereocenters. The van der Waals surface area contributed by atoms with Crippen LogP contribution in [0.3, 0.4) is 0 Å². The zero-order valence-corrected chi connectivity index (χ0v) is 14.6. The summed E-state index contributed by atoms with van der Waals surface area (Å²) in [4.78, 5) is 12.3. The van der Waals surface area contributed by atoms with Crippen LogP contribution in [0.2, 0.25) is 0 Å². The summed E-state index contributed by atoms with van der Waals surface area (Å²) >= 11 is 0. The average Bonchev–Trinajstić information content (AvgIpc) is 2.66. The van der Waals surface area contributed by atoms with Crippen molar-refractivity contribution in [3.8, 4) is 17.2 Å². The number of carbonyl (C=O) groups excluding carboxylic acids is 1. The Morgan fingerprint density at radius 3 is 2.76 bits per heavy atom. The standard InChI is InChI=1S/C20H23NO4/c1-23-18-8-7-14(11-19(18)24-2)12-20(22)21-13-15-9-10-25-17-6-4-3-5-16(15)17/h3-8,11,15H,9-10,12-13H2,1-2H3,(H,21,22). The Bertz CT molecular complexity index is 744. The Hall–Kier alpha value is -2.69. The van der Waals surface area contributed by atoms with Gasteiger partial charge < -0.3 is 19.5 Å². The van der Waals surface area contributed by atoms with Gasteiger partial charge in [0.1, 0.15) is 5.75 Å². The van der Waals surface area contributed by atoms with Crippen LogP contribution in [0, 0.1) is 0 Å². The third kappa shape index (κ3) is 4.05. The van der Waals surface area contributed by atoms with Crippen molar-refractivity contribution in [2.45, 2.75) is 18.8 Å². The molecule has 1 amide bonds. The molecule has 5 heteroatoms. The molecule has 0 radical (unpaired) electrons. The Morgan fingerprint density at radius 2 is 1.96 bits per heavy atom. The summed E-state index contributed by atoms with van der Waals surface area (Å²) in [7, 11) is 3.18. The number of benzene rings is 2. The minimum atomic E-state index is -0.00353. The van der Waals surface area contributed by atoms with Crippen LogP contribution in [0.25, 0.3) is 0 Å². The van der Waals surface area contributed by atoms with Gasteiger partial charge in [-0.25, -0.2) is 0 Å². The molecule has 0 saturated carbocycles. The van der Waals surface area contributed by atoms with Gasteiger partial charge in [-0.3, -0.25) is 4.79 Å². The Balaban J connectivity index is 1.59. The molecule has 0 aliphatic carbocycles. The van der Waals surface area contributed by atoms with Crippen molar-refractivity contribution < 1.29 is 19.0 Å². The predicted octanol–water partition coefficient (Wildman–Crippen LogP) is 2.93. The molecule has 25 heavy (non-hydrogen) atoms. The molecule has 2 aromatic carbocycles. The second-order valence-corrected chi connectivity index (χ2v) is 6.04. The predicted molar refractivity (Wildman–Crippen MR) is 95.6 cm³/mol. The van der Waals surface area contributed by atoms with Crippen molar-refractivity contribution in [1.29, 1.82) is 0 Å². The fraction of sp³-hybridized carbons (Fsp3) is 0.350. The summed E-state index contributed by atoms with van der Waals surface area (Å²) < 4.78 is 16.2. The highest BCUT2D eigenvalue weighted by Crippen LogP contribution is 2.32. The molecule has 3 rings (SSSR count). The Labute approximate surface area is 147 Å². The summed E-state index contributed by atoms with van der Waals surface area (Å²) in [6.07, 6.45) is 1.22. The number of amides is 1. The number of hydrogen-bond donors (Lipinski definition) is 1. The molecule has 0 bridgehead atoms. The van der Waals surface area contributed by atoms with Gasteiger partial charge in [-0.05, 0) is 35.7 Å². The van der Waals surface area contributed by atoms with E-state index in [0.29, 0.717) is 37.0 Å². The van der Waals surface area contributed by atoms with Gasteiger partial charge in [0.05, 0.1) is 27.2 Å². The van der Waals surface area contributed by atoms with Crippen LogP contribution >= 0.6 is 0 Å². The first kappa shape index (κ1) is 17.1. The molecule has 1 atom stereocenters. The highest BCUT2D eigenvalue weighted by atomic mass is 16.5. The van der Waals surface area contributed by atoms with Crippen molar-refractivity contribution >= 4 is 5.91 Å². The summed E-state index contributed by atoms with van der Waals surface area (Å²) in [5, 5.41) is 3.04. The number of fused-ring (bicyclic) bond motifs is 1. The molecule has 1 N–H and O–H groups in total. The number of methoxy groups -OCH3 is 2. The van der Waals surface area contributed by atoms with Crippen LogP contribution in [0.5, 0.6) is 17.2 Å². The quantitative estimate of drug-likeness (QED) is 0.878. The third-order valence-corrected chi connectivity index (χ3v) is 4.44. The number of rotatable bonds is 6. The molecule has 132 valence electrons. The molecule has 2 aromatic rings. The van der Waals surface area contributed by atoms with E-state index in [1.807, 2.05) is 36.4 Å². The van der Waals surface area contributed by atoms with E-state index in [1.165, 1.54) is 5.56 Å². The Kier molecular flexibility index (Phi) is 5.43. The molecule has 0 aromatic heterocycles. The largest absolute Gasteiger partial charge is 0.493 e. The second-order valence-electron chi connectivity index (χ2n) is 6.04. The maximum Gasteiger partial charge on any atom is 0.224 e. The van der Waals surface area contributed by atoms with Crippen LogP contribution in [-0.2, 0) is 11.2 Å². The van der Waals surface area contributed by atoms with Crippen LogP contribution in [-0.4, -0.2) is 33.3 Å². The summed E-state index contributed by atoms with van der Waals surface area (Å²) in [6.45, 7) is 1.31. The highest BCUT2D eigenvalue weighted by molar-refractivity contribution is 5.78.